The number of hydrogen-bond acceptors (Lipinski definition) is 8. The summed E-state index contributed by atoms with van der Waals surface area (Å²) in [4.78, 5) is 28.3. The van der Waals surface area contributed by atoms with Gasteiger partial charge in [0.2, 0.25) is 5.91 Å². The highest BCUT2D eigenvalue weighted by atomic mass is 32.2. The van der Waals surface area contributed by atoms with Crippen molar-refractivity contribution in [3.63, 3.8) is 0 Å². The average molecular weight is 668 g/mol. The maximum absolute atomic E-state index is 14.0. The molecule has 0 saturated carbocycles. The van der Waals surface area contributed by atoms with Crippen molar-refractivity contribution in [3.8, 4) is 5.75 Å². The zero-order valence-electron chi connectivity index (χ0n) is 27.6. The van der Waals surface area contributed by atoms with Crippen LogP contribution < -0.4 is 15.8 Å². The number of methoxy groups -OCH3 is 1. The summed E-state index contributed by atoms with van der Waals surface area (Å²) < 4.78 is 38.6. The molecule has 0 heterocycles. The SMILES string of the molecule is CCCC(CCC)S(=O)(=O)CC(C(N)=O)N(C(=O)OCc1ccccc1)[C@@H](Cc1ccccc1)[C@H](O)CNCc1cccc(OC)c1. The second-order valence-electron chi connectivity index (χ2n) is 11.7. The normalized spacial score (nSPS) is 13.5. The first-order valence-corrected chi connectivity index (χ1v) is 17.9. The van der Waals surface area contributed by atoms with Gasteiger partial charge in [0.25, 0.3) is 0 Å². The van der Waals surface area contributed by atoms with E-state index in [0.717, 1.165) is 16.0 Å². The van der Waals surface area contributed by atoms with Crippen LogP contribution >= 0.6 is 0 Å². The lowest BCUT2D eigenvalue weighted by molar-refractivity contribution is -0.123. The number of benzene rings is 3. The molecule has 3 aromatic rings. The van der Waals surface area contributed by atoms with E-state index in [1.807, 2.05) is 74.5 Å². The van der Waals surface area contributed by atoms with Crippen LogP contribution in [0.2, 0.25) is 0 Å². The van der Waals surface area contributed by atoms with E-state index in [9.17, 15) is 23.1 Å². The summed E-state index contributed by atoms with van der Waals surface area (Å²) in [6.07, 6.45) is 0.0552. The topological polar surface area (TPSA) is 148 Å². The maximum Gasteiger partial charge on any atom is 0.411 e. The smallest absolute Gasteiger partial charge is 0.411 e. The fraction of sp³-hybridized carbons (Fsp3) is 0.444. The molecule has 3 aromatic carbocycles. The van der Waals surface area contributed by atoms with E-state index >= 15 is 0 Å². The van der Waals surface area contributed by atoms with E-state index in [2.05, 4.69) is 5.32 Å². The molecule has 0 aliphatic rings. The molecule has 0 spiro atoms. The van der Waals surface area contributed by atoms with Gasteiger partial charge in [0.05, 0.1) is 30.3 Å². The number of rotatable bonds is 20. The summed E-state index contributed by atoms with van der Waals surface area (Å²) in [5, 5.41) is 14.3. The van der Waals surface area contributed by atoms with Crippen molar-refractivity contribution in [2.45, 2.75) is 82.5 Å². The molecule has 4 N–H and O–H groups in total. The Labute approximate surface area is 279 Å². The summed E-state index contributed by atoms with van der Waals surface area (Å²) in [6, 6.07) is 23.0. The second-order valence-corrected chi connectivity index (χ2v) is 14.0. The molecule has 0 radical (unpaired) electrons. The first kappa shape index (κ1) is 37.5. The molecule has 0 aromatic heterocycles. The standard InChI is InChI=1S/C36H49N3O7S/c1-4-13-31(14-5-2)47(43,44)26-33(35(37)41)39(36(42)46-25-28-17-10-7-11-18-28)32(22-27-15-8-6-9-16-27)34(40)24-38-23-29-19-12-20-30(21-29)45-3/h6-12,15-21,31-34,38,40H,4-5,13-14,22-26H2,1-3H3,(H2,37,41)/t32-,33?,34+/m0/s1. The first-order valence-electron chi connectivity index (χ1n) is 16.1. The van der Waals surface area contributed by atoms with E-state index in [1.54, 1.807) is 31.4 Å². The summed E-state index contributed by atoms with van der Waals surface area (Å²) in [5.74, 6) is -0.983. The highest BCUT2D eigenvalue weighted by Gasteiger charge is 2.42. The summed E-state index contributed by atoms with van der Waals surface area (Å²) in [5.41, 5.74) is 8.30. The van der Waals surface area contributed by atoms with Gasteiger partial charge in [0, 0.05) is 13.1 Å². The molecule has 0 aliphatic heterocycles. The highest BCUT2D eigenvalue weighted by Crippen LogP contribution is 2.23. The second kappa shape index (κ2) is 19.0. The van der Waals surface area contributed by atoms with Crippen LogP contribution in [-0.2, 0) is 38.9 Å². The van der Waals surface area contributed by atoms with Crippen LogP contribution in [0, 0.1) is 0 Å². The molecule has 11 heteroatoms. The van der Waals surface area contributed by atoms with Gasteiger partial charge >= 0.3 is 6.09 Å². The van der Waals surface area contributed by atoms with Crippen LogP contribution in [0.3, 0.4) is 0 Å². The molecular weight excluding hydrogens is 618 g/mol. The molecule has 0 fully saturated rings. The van der Waals surface area contributed by atoms with E-state index < -0.39 is 51.0 Å². The molecule has 0 aliphatic carbocycles. The largest absolute Gasteiger partial charge is 0.497 e. The van der Waals surface area contributed by atoms with Gasteiger partial charge < -0.3 is 25.6 Å². The zero-order chi connectivity index (χ0) is 34.2. The number of hydrogen-bond donors (Lipinski definition) is 3. The molecule has 10 nitrogen and oxygen atoms in total. The van der Waals surface area contributed by atoms with E-state index in [4.69, 9.17) is 15.2 Å². The van der Waals surface area contributed by atoms with Gasteiger partial charge in [0.1, 0.15) is 18.4 Å². The van der Waals surface area contributed by atoms with Gasteiger partial charge in [-0.1, -0.05) is 99.5 Å². The lowest BCUT2D eigenvalue weighted by Crippen LogP contribution is -2.61. The van der Waals surface area contributed by atoms with Crippen molar-refractivity contribution in [2.24, 2.45) is 5.73 Å². The Balaban J connectivity index is 2.01. The Morgan fingerprint density at radius 1 is 0.894 bits per heavy atom. The number of nitrogens with one attached hydrogen (secondary N) is 1. The van der Waals surface area contributed by atoms with Crippen LogP contribution in [0.4, 0.5) is 4.79 Å². The summed E-state index contributed by atoms with van der Waals surface area (Å²) in [6.45, 7) is 4.09. The third-order valence-electron chi connectivity index (χ3n) is 8.11. The van der Waals surface area contributed by atoms with E-state index in [-0.39, 0.29) is 19.6 Å². The third-order valence-corrected chi connectivity index (χ3v) is 10.4. The van der Waals surface area contributed by atoms with Crippen LogP contribution in [0.15, 0.2) is 84.9 Å². The van der Waals surface area contributed by atoms with Crippen molar-refractivity contribution < 1.29 is 32.6 Å². The van der Waals surface area contributed by atoms with Crippen molar-refractivity contribution in [2.75, 3.05) is 19.4 Å². The van der Waals surface area contributed by atoms with Crippen molar-refractivity contribution in [1.82, 2.24) is 10.2 Å². The first-order chi connectivity index (χ1) is 22.6. The molecule has 1 unspecified atom stereocenters. The van der Waals surface area contributed by atoms with Crippen LogP contribution in [0.1, 0.15) is 56.2 Å². The van der Waals surface area contributed by atoms with Gasteiger partial charge in [-0.2, -0.15) is 0 Å². The number of carbonyl (C=O) groups excluding carboxylic acids is 2. The van der Waals surface area contributed by atoms with E-state index in [1.165, 1.54) is 0 Å². The van der Waals surface area contributed by atoms with Crippen molar-refractivity contribution >= 4 is 21.8 Å². The molecule has 2 amide bonds. The lowest BCUT2D eigenvalue weighted by Gasteiger charge is -2.39. The highest BCUT2D eigenvalue weighted by molar-refractivity contribution is 7.92. The van der Waals surface area contributed by atoms with Crippen LogP contribution in [0.5, 0.6) is 5.75 Å². The fourth-order valence-corrected chi connectivity index (χ4v) is 7.88. The lowest BCUT2D eigenvalue weighted by atomic mass is 9.98. The predicted octanol–water partition coefficient (Wildman–Crippen LogP) is 4.63. The Bertz CT molecular complexity index is 1480. The number of sulfone groups is 1. The van der Waals surface area contributed by atoms with Crippen molar-refractivity contribution in [3.05, 3.63) is 102 Å². The summed E-state index contributed by atoms with van der Waals surface area (Å²) >= 11 is 0. The van der Waals surface area contributed by atoms with Gasteiger partial charge in [-0.05, 0) is 48.1 Å². The zero-order valence-corrected chi connectivity index (χ0v) is 28.4. The predicted molar refractivity (Wildman–Crippen MR) is 183 cm³/mol. The summed E-state index contributed by atoms with van der Waals surface area (Å²) in [7, 11) is -2.31. The number of aliphatic hydroxyl groups excluding tert-OH is 1. The minimum absolute atomic E-state index is 0.0176. The maximum atomic E-state index is 14.0. The number of primary amides is 1. The molecular formula is C36H49N3O7S. The Morgan fingerprint density at radius 3 is 2.06 bits per heavy atom. The number of carbonyl (C=O) groups is 2. The molecule has 256 valence electrons. The molecule has 0 saturated heterocycles. The number of aliphatic hydroxyl groups is 1. The quantitative estimate of drug-likeness (QED) is 0.158. The molecule has 0 bridgehead atoms. The van der Waals surface area contributed by atoms with Crippen LogP contribution in [0.25, 0.3) is 0 Å². The molecule has 3 rings (SSSR count). The number of nitrogens with zero attached hydrogens (tertiary/aromatic N) is 1. The van der Waals surface area contributed by atoms with Crippen LogP contribution in [-0.4, -0.2) is 73.3 Å². The Hall–Kier alpha value is -3.93. The minimum Gasteiger partial charge on any atom is -0.497 e. The van der Waals surface area contributed by atoms with Crippen molar-refractivity contribution in [1.29, 1.82) is 0 Å². The van der Waals surface area contributed by atoms with Gasteiger partial charge in [-0.25, -0.2) is 13.2 Å². The number of nitrogens with two attached hydrogens (primary N) is 1. The average Bonchev–Trinajstić information content (AvgIpc) is 3.07. The van der Waals surface area contributed by atoms with Gasteiger partial charge in [-0.15, -0.1) is 0 Å². The fourth-order valence-electron chi connectivity index (χ4n) is 5.65. The number of ether oxygens (including phenoxy) is 2. The van der Waals surface area contributed by atoms with Gasteiger partial charge in [0.15, 0.2) is 9.84 Å². The Morgan fingerprint density at radius 2 is 1.49 bits per heavy atom. The third kappa shape index (κ3) is 11.7. The molecule has 3 atom stereocenters. The minimum atomic E-state index is -3.89. The van der Waals surface area contributed by atoms with Gasteiger partial charge in [-0.3, -0.25) is 9.69 Å². The molecule has 47 heavy (non-hydrogen) atoms. The monoisotopic (exact) mass is 667 g/mol. The Kier molecular flexibility index (Phi) is 15.2. The number of amides is 2. The van der Waals surface area contributed by atoms with E-state index in [0.29, 0.717) is 43.5 Å².